The maximum atomic E-state index is 5.94. The van der Waals surface area contributed by atoms with Crippen LogP contribution in [-0.2, 0) is 13.1 Å². The van der Waals surface area contributed by atoms with Crippen LogP contribution in [0.1, 0.15) is 56.8 Å². The number of hydrogen-bond donors (Lipinski definition) is 1. The molecule has 0 bridgehead atoms. The Morgan fingerprint density at radius 2 is 1.82 bits per heavy atom. The van der Waals surface area contributed by atoms with Gasteiger partial charge in [-0.2, -0.15) is 0 Å². The molecule has 3 rings (SSSR count). The van der Waals surface area contributed by atoms with Crippen LogP contribution in [0.15, 0.2) is 24.3 Å². The lowest BCUT2D eigenvalue weighted by Crippen LogP contribution is -2.25. The van der Waals surface area contributed by atoms with E-state index in [9.17, 15) is 0 Å². The van der Waals surface area contributed by atoms with Crippen LogP contribution in [0, 0.1) is 0 Å². The lowest BCUT2D eigenvalue weighted by Gasteiger charge is -2.22. The van der Waals surface area contributed by atoms with Crippen LogP contribution in [0.3, 0.4) is 0 Å². The minimum Gasteiger partial charge on any atom is -0.341 e. The Bertz CT molecular complexity index is 619. The molecule has 1 fully saturated rings. The average molecular weight is 299 g/mol. The van der Waals surface area contributed by atoms with Gasteiger partial charge >= 0.3 is 0 Å². The van der Waals surface area contributed by atoms with Gasteiger partial charge in [0.05, 0.1) is 0 Å². The minimum absolute atomic E-state index is 0.479. The van der Waals surface area contributed by atoms with Gasteiger partial charge in [0.1, 0.15) is 0 Å². The van der Waals surface area contributed by atoms with Crippen LogP contribution in [0.4, 0.5) is 0 Å². The van der Waals surface area contributed by atoms with Crippen LogP contribution >= 0.6 is 0 Å². The van der Waals surface area contributed by atoms with Crippen molar-refractivity contribution in [2.75, 3.05) is 13.1 Å². The second-order valence-electron chi connectivity index (χ2n) is 6.84. The summed E-state index contributed by atoms with van der Waals surface area (Å²) < 4.78 is 2.50. The molecule has 1 aromatic heterocycles. The average Bonchev–Trinajstić information content (AvgIpc) is 2.68. The highest BCUT2D eigenvalue weighted by Crippen LogP contribution is 2.28. The minimum atomic E-state index is 0.479. The molecular weight excluding hydrogens is 270 g/mol. The molecule has 2 heterocycles. The summed E-state index contributed by atoms with van der Waals surface area (Å²) >= 11 is 0. The Kier molecular flexibility index (Phi) is 4.84. The Morgan fingerprint density at radius 3 is 2.45 bits per heavy atom. The quantitative estimate of drug-likeness (QED) is 0.924. The summed E-state index contributed by atoms with van der Waals surface area (Å²) in [6.45, 7) is 8.72. The van der Waals surface area contributed by atoms with Gasteiger partial charge in [-0.1, -0.05) is 25.0 Å². The van der Waals surface area contributed by atoms with Gasteiger partial charge in [0.2, 0.25) is 0 Å². The standard InChI is InChI=1S/C19H29N3/c1-15(2)22-17(14-21-10-5-3-4-6-11-21)12-18-16(13-20)8-7-9-19(18)22/h7-9,12,15H,3-6,10-11,13-14,20H2,1-2H3. The van der Waals surface area contributed by atoms with E-state index in [1.807, 2.05) is 0 Å². The van der Waals surface area contributed by atoms with Crippen molar-refractivity contribution in [3.05, 3.63) is 35.5 Å². The lowest BCUT2D eigenvalue weighted by molar-refractivity contribution is 0.268. The highest BCUT2D eigenvalue weighted by atomic mass is 15.1. The summed E-state index contributed by atoms with van der Waals surface area (Å²) in [4.78, 5) is 2.63. The Morgan fingerprint density at radius 1 is 1.09 bits per heavy atom. The summed E-state index contributed by atoms with van der Waals surface area (Å²) in [5.41, 5.74) is 9.97. The van der Waals surface area contributed by atoms with E-state index in [4.69, 9.17) is 5.73 Å². The van der Waals surface area contributed by atoms with E-state index < -0.39 is 0 Å². The summed E-state index contributed by atoms with van der Waals surface area (Å²) in [5, 5.41) is 1.34. The van der Waals surface area contributed by atoms with Crippen molar-refractivity contribution in [2.45, 2.75) is 58.7 Å². The highest BCUT2D eigenvalue weighted by molar-refractivity contribution is 5.85. The predicted molar refractivity (Wildman–Crippen MR) is 94.0 cm³/mol. The molecule has 1 saturated heterocycles. The fraction of sp³-hybridized carbons (Fsp3) is 0.579. The molecule has 0 aliphatic carbocycles. The first-order chi connectivity index (χ1) is 10.7. The van der Waals surface area contributed by atoms with E-state index >= 15 is 0 Å². The number of fused-ring (bicyclic) bond motifs is 1. The summed E-state index contributed by atoms with van der Waals surface area (Å²) in [6.07, 6.45) is 5.47. The topological polar surface area (TPSA) is 34.2 Å². The maximum Gasteiger partial charge on any atom is 0.0488 e. The molecule has 0 radical (unpaired) electrons. The predicted octanol–water partition coefficient (Wildman–Crippen LogP) is 4.06. The molecule has 1 aromatic carbocycles. The van der Waals surface area contributed by atoms with E-state index in [2.05, 4.69) is 47.6 Å². The van der Waals surface area contributed by atoms with E-state index in [1.54, 1.807) is 0 Å². The van der Waals surface area contributed by atoms with Crippen LogP contribution in [0.5, 0.6) is 0 Å². The molecule has 0 saturated carbocycles. The first-order valence-corrected chi connectivity index (χ1v) is 8.75. The number of rotatable bonds is 4. The van der Waals surface area contributed by atoms with Crippen molar-refractivity contribution in [1.29, 1.82) is 0 Å². The van der Waals surface area contributed by atoms with E-state index in [1.165, 1.54) is 60.9 Å². The zero-order valence-corrected chi connectivity index (χ0v) is 14.0. The van der Waals surface area contributed by atoms with Crippen LogP contribution in [0.25, 0.3) is 10.9 Å². The molecule has 3 heteroatoms. The third kappa shape index (κ3) is 3.06. The number of nitrogens with zero attached hydrogens (tertiary/aromatic N) is 2. The van der Waals surface area contributed by atoms with Crippen molar-refractivity contribution in [1.82, 2.24) is 9.47 Å². The first-order valence-electron chi connectivity index (χ1n) is 8.75. The molecular formula is C19H29N3. The third-order valence-corrected chi connectivity index (χ3v) is 4.87. The third-order valence-electron chi connectivity index (χ3n) is 4.87. The molecule has 120 valence electrons. The Hall–Kier alpha value is -1.32. The summed E-state index contributed by atoms with van der Waals surface area (Å²) in [6, 6.07) is 9.39. The van der Waals surface area contributed by atoms with Gasteiger partial charge in [0.25, 0.3) is 0 Å². The molecule has 0 amide bonds. The molecule has 3 nitrogen and oxygen atoms in total. The summed E-state index contributed by atoms with van der Waals surface area (Å²) in [5.74, 6) is 0. The molecule has 1 aliphatic heterocycles. The molecule has 0 unspecified atom stereocenters. The van der Waals surface area contributed by atoms with E-state index in [-0.39, 0.29) is 0 Å². The van der Waals surface area contributed by atoms with Crippen LogP contribution in [-0.4, -0.2) is 22.6 Å². The van der Waals surface area contributed by atoms with Gasteiger partial charge in [-0.15, -0.1) is 0 Å². The number of aromatic nitrogens is 1. The van der Waals surface area contributed by atoms with Gasteiger partial charge in [-0.25, -0.2) is 0 Å². The molecule has 2 aromatic rings. The number of nitrogens with two attached hydrogens (primary N) is 1. The number of likely N-dealkylation sites (tertiary alicyclic amines) is 1. The van der Waals surface area contributed by atoms with E-state index in [0.717, 1.165) is 6.54 Å². The van der Waals surface area contributed by atoms with Crippen molar-refractivity contribution < 1.29 is 0 Å². The zero-order valence-electron chi connectivity index (χ0n) is 14.0. The summed E-state index contributed by atoms with van der Waals surface area (Å²) in [7, 11) is 0. The highest BCUT2D eigenvalue weighted by Gasteiger charge is 2.17. The van der Waals surface area contributed by atoms with Gasteiger partial charge < -0.3 is 10.3 Å². The smallest absolute Gasteiger partial charge is 0.0488 e. The molecule has 0 spiro atoms. The second kappa shape index (κ2) is 6.84. The Balaban J connectivity index is 1.98. The van der Waals surface area contributed by atoms with Crippen molar-refractivity contribution in [3.8, 4) is 0 Å². The van der Waals surface area contributed by atoms with E-state index in [0.29, 0.717) is 12.6 Å². The second-order valence-corrected chi connectivity index (χ2v) is 6.84. The molecule has 22 heavy (non-hydrogen) atoms. The Labute approximate surface area is 134 Å². The van der Waals surface area contributed by atoms with Gasteiger partial charge in [-0.05, 0) is 57.5 Å². The van der Waals surface area contributed by atoms with Crippen molar-refractivity contribution in [2.24, 2.45) is 5.73 Å². The largest absolute Gasteiger partial charge is 0.341 e. The molecule has 2 N–H and O–H groups in total. The van der Waals surface area contributed by atoms with Crippen LogP contribution < -0.4 is 5.73 Å². The molecule has 0 atom stereocenters. The van der Waals surface area contributed by atoms with Crippen molar-refractivity contribution in [3.63, 3.8) is 0 Å². The fourth-order valence-electron chi connectivity index (χ4n) is 3.80. The SMILES string of the molecule is CC(C)n1c(CN2CCCCCC2)cc2c(CN)cccc21. The number of hydrogen-bond acceptors (Lipinski definition) is 2. The first kappa shape index (κ1) is 15.6. The monoisotopic (exact) mass is 299 g/mol. The van der Waals surface area contributed by atoms with Gasteiger partial charge in [-0.3, -0.25) is 4.90 Å². The van der Waals surface area contributed by atoms with Gasteiger partial charge in [0, 0.05) is 35.7 Å². The zero-order chi connectivity index (χ0) is 15.5. The van der Waals surface area contributed by atoms with Gasteiger partial charge in [0.15, 0.2) is 0 Å². The normalized spacial score (nSPS) is 17.3. The lowest BCUT2D eigenvalue weighted by atomic mass is 10.1. The van der Waals surface area contributed by atoms with Crippen LogP contribution in [0.2, 0.25) is 0 Å². The fourth-order valence-corrected chi connectivity index (χ4v) is 3.80. The van der Waals surface area contributed by atoms with Crippen molar-refractivity contribution >= 4 is 10.9 Å². The number of benzene rings is 1. The maximum absolute atomic E-state index is 5.94. The molecule has 1 aliphatic rings.